The summed E-state index contributed by atoms with van der Waals surface area (Å²) in [6.07, 6.45) is -3.72. The van der Waals surface area contributed by atoms with Crippen molar-refractivity contribution in [2.45, 2.75) is 168 Å². The number of methoxy groups -OCH3 is 1. The summed E-state index contributed by atoms with van der Waals surface area (Å²) in [6.45, 7) is 23.1. The fourth-order valence-corrected chi connectivity index (χ4v) is 8.05. The van der Waals surface area contributed by atoms with Crippen molar-refractivity contribution in [3.05, 3.63) is 0 Å². The van der Waals surface area contributed by atoms with Gasteiger partial charge in [-0.15, -0.1) is 0 Å². The van der Waals surface area contributed by atoms with E-state index in [0.717, 1.165) is 0 Å². The summed E-state index contributed by atoms with van der Waals surface area (Å²) in [5.74, 6) is -1.40. The van der Waals surface area contributed by atoms with Gasteiger partial charge in [0.1, 0.15) is 23.9 Å². The van der Waals surface area contributed by atoms with Crippen molar-refractivity contribution in [1.29, 1.82) is 0 Å². The van der Waals surface area contributed by atoms with E-state index in [0.29, 0.717) is 25.8 Å². The van der Waals surface area contributed by atoms with E-state index >= 15 is 0 Å². The quantitative estimate of drug-likeness (QED) is 0.331. The van der Waals surface area contributed by atoms with Gasteiger partial charge in [-0.2, -0.15) is 0 Å². The predicted octanol–water partition coefficient (Wildman–Crippen LogP) is 3.90. The van der Waals surface area contributed by atoms with Gasteiger partial charge in [-0.05, 0) is 79.2 Å². The lowest BCUT2D eigenvalue weighted by Gasteiger charge is -2.57. The second kappa shape index (κ2) is 14.1. The van der Waals surface area contributed by atoms with Crippen molar-refractivity contribution in [3.63, 3.8) is 0 Å². The number of aliphatic hydroxyl groups excluding tert-OH is 2. The van der Waals surface area contributed by atoms with Gasteiger partial charge in [0.2, 0.25) is 0 Å². The summed E-state index contributed by atoms with van der Waals surface area (Å²) in [5.41, 5.74) is -5.42. The largest absolute Gasteiger partial charge is 0.459 e. The van der Waals surface area contributed by atoms with Crippen LogP contribution < -0.4 is 0 Å². The molecule has 0 aliphatic carbocycles. The third-order valence-corrected chi connectivity index (χ3v) is 12.0. The molecular formula is C34H65NO9. The molecule has 2 saturated heterocycles. The zero-order chi connectivity index (χ0) is 34.2. The standard InChI is InChI=1S/C34H65NO9/c1-15-24-34(12,40)26(36)22(5)35(13)19-20(3)17-33(11,39)32(10,16-2)30(7,8)28(21(4)29(38)43-24)44-25-18-31(9,41-14)27(37)23(6)42-25/h20-28,36-37,39-40H,15-19H2,1-14H3/t20-,21-,22-,23+,24-,25+,26-,27+,28-,31-,32?,33-,34-/m1/s1. The highest BCUT2D eigenvalue weighted by molar-refractivity contribution is 5.73. The third-order valence-electron chi connectivity index (χ3n) is 12.0. The predicted molar refractivity (Wildman–Crippen MR) is 170 cm³/mol. The van der Waals surface area contributed by atoms with E-state index in [1.807, 2.05) is 60.4 Å². The molecule has 0 bridgehead atoms. The third kappa shape index (κ3) is 7.33. The van der Waals surface area contributed by atoms with E-state index in [4.69, 9.17) is 18.9 Å². The van der Waals surface area contributed by atoms with Crippen LogP contribution in [0.1, 0.15) is 109 Å². The van der Waals surface area contributed by atoms with Gasteiger partial charge in [0.05, 0.1) is 29.3 Å². The molecule has 1 unspecified atom stereocenters. The number of hydrogen-bond donors (Lipinski definition) is 4. The van der Waals surface area contributed by atoms with Gasteiger partial charge in [-0.25, -0.2) is 0 Å². The summed E-state index contributed by atoms with van der Waals surface area (Å²) in [4.78, 5) is 16.0. The minimum atomic E-state index is -1.73. The maximum absolute atomic E-state index is 14.0. The van der Waals surface area contributed by atoms with Crippen molar-refractivity contribution in [2.75, 3.05) is 20.7 Å². The van der Waals surface area contributed by atoms with Crippen LogP contribution in [-0.4, -0.2) is 112 Å². The molecular weight excluding hydrogens is 566 g/mol. The van der Waals surface area contributed by atoms with Crippen LogP contribution in [-0.2, 0) is 23.7 Å². The smallest absolute Gasteiger partial charge is 0.311 e. The molecule has 10 nitrogen and oxygen atoms in total. The van der Waals surface area contributed by atoms with Gasteiger partial charge >= 0.3 is 5.97 Å². The average Bonchev–Trinajstić information content (AvgIpc) is 2.94. The summed E-state index contributed by atoms with van der Waals surface area (Å²) < 4.78 is 24.7. The second-order valence-corrected chi connectivity index (χ2v) is 15.5. The molecule has 0 amide bonds. The van der Waals surface area contributed by atoms with Crippen LogP contribution in [0.15, 0.2) is 0 Å². The Labute approximate surface area is 266 Å². The zero-order valence-corrected chi connectivity index (χ0v) is 30.0. The lowest BCUT2D eigenvalue weighted by molar-refractivity contribution is -0.311. The molecule has 0 aromatic carbocycles. The highest BCUT2D eigenvalue weighted by Crippen LogP contribution is 2.56. The highest BCUT2D eigenvalue weighted by Gasteiger charge is 2.59. The van der Waals surface area contributed by atoms with Crippen LogP contribution in [0.3, 0.4) is 0 Å². The van der Waals surface area contributed by atoms with Crippen LogP contribution in [0, 0.1) is 22.7 Å². The maximum Gasteiger partial charge on any atom is 0.311 e. The van der Waals surface area contributed by atoms with Crippen LogP contribution in [0.25, 0.3) is 0 Å². The lowest BCUT2D eigenvalue weighted by Crippen LogP contribution is -2.62. The van der Waals surface area contributed by atoms with Gasteiger partial charge in [-0.3, -0.25) is 4.79 Å². The molecule has 0 aromatic rings. The Bertz CT molecular complexity index is 957. The SMILES string of the molecule is CC[C@H]1OC(=O)[C@H](C)[C@@H](O[C@H]2C[C@@](C)(OC)[C@@H](O)[C@H](C)O2)C(C)(C)C(C)(CC)[C@](C)(O)C[C@@H](C)CN(C)[C@H](C)[C@@H](O)[C@]1(C)O. The van der Waals surface area contributed by atoms with E-state index in [2.05, 4.69) is 13.8 Å². The Morgan fingerprint density at radius 1 is 0.955 bits per heavy atom. The number of ether oxygens (including phenoxy) is 4. The number of hydrogen-bond acceptors (Lipinski definition) is 10. The van der Waals surface area contributed by atoms with Gasteiger partial charge in [0.15, 0.2) is 6.29 Å². The molecule has 0 aromatic heterocycles. The maximum atomic E-state index is 14.0. The molecule has 0 spiro atoms. The Hall–Kier alpha value is -0.850. The van der Waals surface area contributed by atoms with Gasteiger partial charge in [-0.1, -0.05) is 41.5 Å². The monoisotopic (exact) mass is 631 g/mol. The molecule has 44 heavy (non-hydrogen) atoms. The lowest BCUT2D eigenvalue weighted by atomic mass is 9.52. The first-order valence-electron chi connectivity index (χ1n) is 16.5. The molecule has 13 atom stereocenters. The summed E-state index contributed by atoms with van der Waals surface area (Å²) in [6, 6.07) is -0.450. The number of rotatable bonds is 5. The normalized spacial score (nSPS) is 48.7. The number of cyclic esters (lactones) is 1. The minimum Gasteiger partial charge on any atom is -0.459 e. The number of carbonyl (C=O) groups excluding carboxylic acids is 1. The molecule has 2 heterocycles. The Kier molecular flexibility index (Phi) is 12.6. The number of esters is 1. The molecule has 10 heteroatoms. The number of nitrogens with zero attached hydrogens (tertiary/aromatic N) is 1. The molecule has 4 N–H and O–H groups in total. The van der Waals surface area contributed by atoms with E-state index in [1.54, 1.807) is 21.0 Å². The number of carbonyl (C=O) groups is 1. The number of aliphatic hydroxyl groups is 4. The van der Waals surface area contributed by atoms with Gasteiger partial charge in [0.25, 0.3) is 0 Å². The Balaban J connectivity index is 2.73. The summed E-state index contributed by atoms with van der Waals surface area (Å²) >= 11 is 0. The Morgan fingerprint density at radius 3 is 2.02 bits per heavy atom. The molecule has 0 saturated carbocycles. The minimum absolute atomic E-state index is 0.0319. The van der Waals surface area contributed by atoms with Gasteiger partial charge < -0.3 is 44.3 Å². The van der Waals surface area contributed by atoms with Crippen molar-refractivity contribution in [1.82, 2.24) is 4.90 Å². The average molecular weight is 632 g/mol. The fourth-order valence-electron chi connectivity index (χ4n) is 8.05. The zero-order valence-electron chi connectivity index (χ0n) is 30.0. The fraction of sp³-hybridized carbons (Fsp3) is 0.971. The Morgan fingerprint density at radius 2 is 1.52 bits per heavy atom. The molecule has 260 valence electrons. The van der Waals surface area contributed by atoms with E-state index < -0.39 is 82.4 Å². The summed E-state index contributed by atoms with van der Waals surface area (Å²) in [7, 11) is 3.44. The number of likely N-dealkylation sites (N-methyl/N-ethyl adjacent to an activating group) is 1. The van der Waals surface area contributed by atoms with Crippen LogP contribution in [0.5, 0.6) is 0 Å². The van der Waals surface area contributed by atoms with Crippen molar-refractivity contribution in [3.8, 4) is 0 Å². The molecule has 0 radical (unpaired) electrons. The van der Waals surface area contributed by atoms with Crippen LogP contribution >= 0.6 is 0 Å². The second-order valence-electron chi connectivity index (χ2n) is 15.5. The van der Waals surface area contributed by atoms with Crippen LogP contribution in [0.4, 0.5) is 0 Å². The molecule has 2 fully saturated rings. The van der Waals surface area contributed by atoms with E-state index in [1.165, 1.54) is 6.92 Å². The highest BCUT2D eigenvalue weighted by atomic mass is 16.7. The van der Waals surface area contributed by atoms with Crippen molar-refractivity contribution in [2.24, 2.45) is 22.7 Å². The van der Waals surface area contributed by atoms with E-state index in [9.17, 15) is 25.2 Å². The molecule has 2 aliphatic heterocycles. The van der Waals surface area contributed by atoms with Gasteiger partial charge in [0, 0.05) is 31.5 Å². The van der Waals surface area contributed by atoms with E-state index in [-0.39, 0.29) is 12.3 Å². The first-order chi connectivity index (χ1) is 20.0. The first kappa shape index (κ1) is 39.3. The molecule has 2 aliphatic rings. The first-order valence-corrected chi connectivity index (χ1v) is 16.5. The molecule has 2 rings (SSSR count). The topological polar surface area (TPSA) is 138 Å². The summed E-state index contributed by atoms with van der Waals surface area (Å²) in [5, 5.41) is 46.1. The van der Waals surface area contributed by atoms with Crippen LogP contribution in [0.2, 0.25) is 0 Å². The van der Waals surface area contributed by atoms with Crippen molar-refractivity contribution >= 4 is 5.97 Å². The van der Waals surface area contributed by atoms with Crippen molar-refractivity contribution < 1.29 is 44.2 Å².